The lowest BCUT2D eigenvalue weighted by atomic mass is 10.3. The molecule has 2 aromatic rings. The lowest BCUT2D eigenvalue weighted by molar-refractivity contribution is -0.0818. The topological polar surface area (TPSA) is 52.6 Å². The number of thiazole rings is 1. The third-order valence-corrected chi connectivity index (χ3v) is 4.01. The average molecular weight is 294 g/mol. The minimum absolute atomic E-state index is 0.106. The van der Waals surface area contributed by atoms with Gasteiger partial charge in [0.25, 0.3) is 0 Å². The average Bonchev–Trinajstić information content (AvgIpc) is 2.89. The van der Waals surface area contributed by atoms with Gasteiger partial charge >= 0.3 is 0 Å². The number of nitrogens with zero attached hydrogens (tertiary/aromatic N) is 1. The van der Waals surface area contributed by atoms with E-state index in [1.165, 1.54) is 0 Å². The molecule has 1 saturated heterocycles. The Labute approximate surface area is 121 Å². The van der Waals surface area contributed by atoms with Crippen molar-refractivity contribution in [3.05, 3.63) is 18.2 Å². The number of hydrogen-bond donors (Lipinski definition) is 1. The molecule has 0 spiro atoms. The van der Waals surface area contributed by atoms with Gasteiger partial charge in [-0.1, -0.05) is 11.3 Å². The van der Waals surface area contributed by atoms with Crippen molar-refractivity contribution < 1.29 is 14.2 Å². The van der Waals surface area contributed by atoms with Gasteiger partial charge in [0, 0.05) is 6.54 Å². The lowest BCUT2D eigenvalue weighted by Crippen LogP contribution is -2.34. The van der Waals surface area contributed by atoms with Crippen LogP contribution in [0.1, 0.15) is 6.92 Å². The summed E-state index contributed by atoms with van der Waals surface area (Å²) < 4.78 is 17.6. The van der Waals surface area contributed by atoms with Gasteiger partial charge < -0.3 is 19.5 Å². The molecule has 1 unspecified atom stereocenters. The monoisotopic (exact) mass is 294 g/mol. The Balaban J connectivity index is 1.65. The second kappa shape index (κ2) is 6.39. The molecule has 2 heterocycles. The molecule has 0 aliphatic carbocycles. The summed E-state index contributed by atoms with van der Waals surface area (Å²) in [5.74, 6) is 0.888. The number of rotatable bonds is 5. The molecular formula is C14H18N2O3S. The van der Waals surface area contributed by atoms with E-state index >= 15 is 0 Å². The number of hydrogen-bond acceptors (Lipinski definition) is 6. The minimum atomic E-state index is 0.106. The van der Waals surface area contributed by atoms with Crippen molar-refractivity contribution in [2.45, 2.75) is 13.0 Å². The molecule has 0 radical (unpaired) electrons. The van der Waals surface area contributed by atoms with E-state index in [2.05, 4.69) is 10.3 Å². The van der Waals surface area contributed by atoms with Crippen LogP contribution >= 0.6 is 11.3 Å². The second-order valence-corrected chi connectivity index (χ2v) is 5.56. The highest BCUT2D eigenvalue weighted by Crippen LogP contribution is 2.29. The number of ether oxygens (including phenoxy) is 3. The second-order valence-electron chi connectivity index (χ2n) is 4.53. The van der Waals surface area contributed by atoms with Gasteiger partial charge in [-0.2, -0.15) is 0 Å². The van der Waals surface area contributed by atoms with Gasteiger partial charge in [0.15, 0.2) is 5.13 Å². The fraction of sp³-hybridized carbons (Fsp3) is 0.500. The number of anilines is 1. The molecule has 1 aliphatic rings. The van der Waals surface area contributed by atoms with E-state index in [0.29, 0.717) is 26.4 Å². The van der Waals surface area contributed by atoms with Gasteiger partial charge in [0.2, 0.25) is 0 Å². The van der Waals surface area contributed by atoms with Crippen molar-refractivity contribution in [3.8, 4) is 5.75 Å². The first-order valence-electron chi connectivity index (χ1n) is 6.82. The molecule has 1 aliphatic heterocycles. The maximum Gasteiger partial charge on any atom is 0.183 e. The molecule has 3 rings (SSSR count). The highest BCUT2D eigenvalue weighted by atomic mass is 32.1. The third-order valence-electron chi connectivity index (χ3n) is 3.04. The summed E-state index contributed by atoms with van der Waals surface area (Å²) >= 11 is 1.63. The molecule has 6 heteroatoms. The van der Waals surface area contributed by atoms with Gasteiger partial charge in [0.05, 0.1) is 42.7 Å². The molecule has 5 nitrogen and oxygen atoms in total. The maximum absolute atomic E-state index is 5.59. The van der Waals surface area contributed by atoms with Crippen LogP contribution in [-0.4, -0.2) is 44.1 Å². The standard InChI is InChI=1S/C14H18N2O3S/c1-2-18-10-3-4-12-13(7-10)20-14(16-12)15-8-11-9-17-5-6-19-11/h3-4,7,11H,2,5-6,8-9H2,1H3,(H,15,16). The number of benzene rings is 1. The summed E-state index contributed by atoms with van der Waals surface area (Å²) in [6.07, 6.45) is 0.106. The van der Waals surface area contributed by atoms with Crippen LogP contribution in [-0.2, 0) is 9.47 Å². The summed E-state index contributed by atoms with van der Waals surface area (Å²) in [4.78, 5) is 4.55. The zero-order valence-corrected chi connectivity index (χ0v) is 12.2. The van der Waals surface area contributed by atoms with Crippen molar-refractivity contribution in [1.29, 1.82) is 0 Å². The fourth-order valence-corrected chi connectivity index (χ4v) is 2.99. The van der Waals surface area contributed by atoms with Crippen LogP contribution in [0.15, 0.2) is 18.2 Å². The normalized spacial score (nSPS) is 19.1. The predicted molar refractivity (Wildman–Crippen MR) is 79.8 cm³/mol. The van der Waals surface area contributed by atoms with Crippen molar-refractivity contribution >= 4 is 26.7 Å². The molecule has 1 aromatic heterocycles. The third kappa shape index (κ3) is 3.20. The maximum atomic E-state index is 5.59. The Hall–Kier alpha value is -1.37. The Morgan fingerprint density at radius 1 is 1.45 bits per heavy atom. The highest BCUT2D eigenvalue weighted by Gasteiger charge is 2.14. The molecule has 20 heavy (non-hydrogen) atoms. The molecular weight excluding hydrogens is 276 g/mol. The highest BCUT2D eigenvalue weighted by molar-refractivity contribution is 7.22. The zero-order chi connectivity index (χ0) is 13.8. The summed E-state index contributed by atoms with van der Waals surface area (Å²) in [5.41, 5.74) is 0.988. The van der Waals surface area contributed by atoms with Gasteiger partial charge in [-0.3, -0.25) is 0 Å². The van der Waals surface area contributed by atoms with Gasteiger partial charge in [-0.25, -0.2) is 4.98 Å². The van der Waals surface area contributed by atoms with E-state index in [0.717, 1.165) is 27.6 Å². The zero-order valence-electron chi connectivity index (χ0n) is 11.4. The summed E-state index contributed by atoms with van der Waals surface area (Å²) in [6, 6.07) is 5.97. The predicted octanol–water partition coefficient (Wildman–Crippen LogP) is 2.52. The number of fused-ring (bicyclic) bond motifs is 1. The molecule has 0 saturated carbocycles. The fourth-order valence-electron chi connectivity index (χ4n) is 2.09. The minimum Gasteiger partial charge on any atom is -0.494 e. The SMILES string of the molecule is CCOc1ccc2nc(NCC3COCCO3)sc2c1. The Kier molecular flexibility index (Phi) is 4.34. The van der Waals surface area contributed by atoms with Crippen molar-refractivity contribution in [1.82, 2.24) is 4.98 Å². The molecule has 0 bridgehead atoms. The first-order valence-corrected chi connectivity index (χ1v) is 7.63. The molecule has 1 aromatic carbocycles. The lowest BCUT2D eigenvalue weighted by Gasteiger charge is -2.22. The van der Waals surface area contributed by atoms with Gasteiger partial charge in [-0.05, 0) is 25.1 Å². The molecule has 0 amide bonds. The summed E-state index contributed by atoms with van der Waals surface area (Å²) in [6.45, 7) is 5.39. The Bertz CT molecular complexity index is 567. The molecule has 108 valence electrons. The largest absolute Gasteiger partial charge is 0.494 e. The smallest absolute Gasteiger partial charge is 0.183 e. The van der Waals surface area contributed by atoms with E-state index in [1.807, 2.05) is 25.1 Å². The van der Waals surface area contributed by atoms with Crippen LogP contribution in [0.2, 0.25) is 0 Å². The van der Waals surface area contributed by atoms with Crippen LogP contribution in [0.4, 0.5) is 5.13 Å². The van der Waals surface area contributed by atoms with Crippen molar-refractivity contribution in [3.63, 3.8) is 0 Å². The van der Waals surface area contributed by atoms with Crippen LogP contribution in [0, 0.1) is 0 Å². The molecule has 1 N–H and O–H groups in total. The van der Waals surface area contributed by atoms with Crippen molar-refractivity contribution in [2.75, 3.05) is 38.3 Å². The first-order chi connectivity index (χ1) is 9.85. The van der Waals surface area contributed by atoms with E-state index in [-0.39, 0.29) is 6.10 Å². The van der Waals surface area contributed by atoms with Crippen LogP contribution < -0.4 is 10.1 Å². The van der Waals surface area contributed by atoms with Crippen LogP contribution in [0.3, 0.4) is 0 Å². The van der Waals surface area contributed by atoms with Crippen LogP contribution in [0.5, 0.6) is 5.75 Å². The number of aromatic nitrogens is 1. The molecule has 1 atom stereocenters. The van der Waals surface area contributed by atoms with Crippen LogP contribution in [0.25, 0.3) is 10.2 Å². The van der Waals surface area contributed by atoms with Gasteiger partial charge in [0.1, 0.15) is 5.75 Å². The number of nitrogens with one attached hydrogen (secondary N) is 1. The van der Waals surface area contributed by atoms with E-state index in [4.69, 9.17) is 14.2 Å². The van der Waals surface area contributed by atoms with E-state index < -0.39 is 0 Å². The van der Waals surface area contributed by atoms with E-state index in [9.17, 15) is 0 Å². The van der Waals surface area contributed by atoms with Gasteiger partial charge in [-0.15, -0.1) is 0 Å². The quantitative estimate of drug-likeness (QED) is 0.918. The first kappa shape index (κ1) is 13.6. The Morgan fingerprint density at radius 3 is 3.20 bits per heavy atom. The summed E-state index contributed by atoms with van der Waals surface area (Å²) in [5, 5.41) is 4.22. The van der Waals surface area contributed by atoms with E-state index in [1.54, 1.807) is 11.3 Å². The van der Waals surface area contributed by atoms with Crippen molar-refractivity contribution in [2.24, 2.45) is 0 Å². The summed E-state index contributed by atoms with van der Waals surface area (Å²) in [7, 11) is 0. The molecule has 1 fully saturated rings. The Morgan fingerprint density at radius 2 is 2.40 bits per heavy atom.